The molecule has 0 aliphatic carbocycles. The molecule has 0 unspecified atom stereocenters. The number of rotatable bonds is 4. The molecule has 0 aliphatic heterocycles. The highest BCUT2D eigenvalue weighted by Gasteiger charge is 2.31. The van der Waals surface area contributed by atoms with E-state index in [-0.39, 0.29) is 11.3 Å². The van der Waals surface area contributed by atoms with Gasteiger partial charge < -0.3 is 14.6 Å². The number of benzene rings is 2. The third kappa shape index (κ3) is 4.62. The topological polar surface area (TPSA) is 88.1 Å². The SMILES string of the molecule is COc1cc(C(=O)N(NC(=O)c2cccc(O)c2C)C(C)(C)C)cc(OC)c1C. The van der Waals surface area contributed by atoms with Gasteiger partial charge in [0, 0.05) is 22.3 Å². The van der Waals surface area contributed by atoms with Gasteiger partial charge in [0.25, 0.3) is 11.8 Å². The summed E-state index contributed by atoms with van der Waals surface area (Å²) in [5.41, 5.74) is 3.76. The number of amides is 2. The zero-order valence-corrected chi connectivity index (χ0v) is 17.9. The number of nitrogens with one attached hydrogen (secondary N) is 1. The van der Waals surface area contributed by atoms with E-state index in [1.165, 1.54) is 25.3 Å². The molecule has 2 rings (SSSR count). The Labute approximate surface area is 171 Å². The Balaban J connectivity index is 2.45. The van der Waals surface area contributed by atoms with Gasteiger partial charge >= 0.3 is 0 Å². The van der Waals surface area contributed by atoms with Gasteiger partial charge in [-0.2, -0.15) is 0 Å². The van der Waals surface area contributed by atoms with Gasteiger partial charge in [0.1, 0.15) is 17.2 Å². The molecule has 2 N–H and O–H groups in total. The third-order valence-electron chi connectivity index (χ3n) is 4.64. The zero-order chi connectivity index (χ0) is 21.9. The molecule has 0 bridgehead atoms. The van der Waals surface area contributed by atoms with Crippen molar-refractivity contribution in [1.82, 2.24) is 10.4 Å². The molecule has 0 aliphatic rings. The van der Waals surface area contributed by atoms with E-state index in [1.54, 1.807) is 31.2 Å². The fourth-order valence-corrected chi connectivity index (χ4v) is 2.89. The lowest BCUT2D eigenvalue weighted by atomic mass is 10.0. The summed E-state index contributed by atoms with van der Waals surface area (Å²) in [4.78, 5) is 26.2. The van der Waals surface area contributed by atoms with Crippen molar-refractivity contribution in [2.24, 2.45) is 0 Å². The number of methoxy groups -OCH3 is 2. The van der Waals surface area contributed by atoms with Crippen LogP contribution >= 0.6 is 0 Å². The number of nitrogens with zero attached hydrogens (tertiary/aromatic N) is 1. The Morgan fingerprint density at radius 1 is 1.00 bits per heavy atom. The monoisotopic (exact) mass is 400 g/mol. The molecule has 156 valence electrons. The van der Waals surface area contributed by atoms with Crippen LogP contribution in [0.15, 0.2) is 30.3 Å². The van der Waals surface area contributed by atoms with E-state index in [9.17, 15) is 14.7 Å². The van der Waals surface area contributed by atoms with E-state index < -0.39 is 17.4 Å². The van der Waals surface area contributed by atoms with E-state index in [0.29, 0.717) is 22.6 Å². The number of aromatic hydroxyl groups is 1. The van der Waals surface area contributed by atoms with E-state index in [4.69, 9.17) is 9.47 Å². The lowest BCUT2D eigenvalue weighted by Gasteiger charge is -2.35. The molecule has 2 aromatic rings. The number of ether oxygens (including phenoxy) is 2. The Kier molecular flexibility index (Phi) is 6.41. The first-order valence-corrected chi connectivity index (χ1v) is 9.18. The highest BCUT2D eigenvalue weighted by atomic mass is 16.5. The van der Waals surface area contributed by atoms with Crippen LogP contribution in [0.4, 0.5) is 0 Å². The molecule has 0 saturated carbocycles. The molecule has 29 heavy (non-hydrogen) atoms. The Bertz CT molecular complexity index is 906. The maximum absolute atomic E-state index is 13.3. The zero-order valence-electron chi connectivity index (χ0n) is 17.9. The van der Waals surface area contributed by atoms with E-state index in [0.717, 1.165) is 5.56 Å². The van der Waals surface area contributed by atoms with Gasteiger partial charge in [-0.1, -0.05) is 6.07 Å². The lowest BCUT2D eigenvalue weighted by molar-refractivity contribution is 0.0358. The third-order valence-corrected chi connectivity index (χ3v) is 4.64. The predicted molar refractivity (Wildman–Crippen MR) is 111 cm³/mol. The number of hydrazine groups is 1. The standard InChI is InChI=1S/C22H28N2O5/c1-13-16(9-8-10-17(13)25)20(26)23-24(22(3,4)5)21(27)15-11-18(28-6)14(2)19(12-15)29-7/h8-12,25H,1-7H3,(H,23,26). The van der Waals surface area contributed by atoms with Crippen LogP contribution in [-0.2, 0) is 0 Å². The molecule has 2 amide bonds. The first-order chi connectivity index (χ1) is 13.5. The number of hydrogen-bond acceptors (Lipinski definition) is 5. The molecule has 0 radical (unpaired) electrons. The highest BCUT2D eigenvalue weighted by molar-refractivity contribution is 6.00. The van der Waals surface area contributed by atoms with Crippen LogP contribution in [0.3, 0.4) is 0 Å². The van der Waals surface area contributed by atoms with Gasteiger partial charge in [-0.05, 0) is 58.9 Å². The van der Waals surface area contributed by atoms with E-state index in [2.05, 4.69) is 5.43 Å². The number of phenolic OH excluding ortho intramolecular Hbond substituents is 1. The minimum atomic E-state index is -0.719. The molecular weight excluding hydrogens is 372 g/mol. The van der Waals surface area contributed by atoms with Gasteiger partial charge in [0.05, 0.1) is 19.8 Å². The predicted octanol–water partition coefficient (Wildman–Crippen LogP) is 3.61. The first kappa shape index (κ1) is 22.1. The fourth-order valence-electron chi connectivity index (χ4n) is 2.89. The van der Waals surface area contributed by atoms with Gasteiger partial charge in [0.2, 0.25) is 0 Å². The summed E-state index contributed by atoms with van der Waals surface area (Å²) in [5, 5.41) is 11.1. The Morgan fingerprint density at radius 3 is 2.03 bits per heavy atom. The average Bonchev–Trinajstić information content (AvgIpc) is 2.66. The number of phenols is 1. The number of carbonyl (C=O) groups is 2. The Morgan fingerprint density at radius 2 is 1.55 bits per heavy atom. The summed E-state index contributed by atoms with van der Waals surface area (Å²) in [6.07, 6.45) is 0. The molecule has 7 nitrogen and oxygen atoms in total. The smallest absolute Gasteiger partial charge is 0.273 e. The molecule has 0 spiro atoms. The highest BCUT2D eigenvalue weighted by Crippen LogP contribution is 2.31. The minimum absolute atomic E-state index is 0.0132. The second-order valence-electron chi connectivity index (χ2n) is 7.71. The Hall–Kier alpha value is -3.22. The molecule has 0 fully saturated rings. The van der Waals surface area contributed by atoms with Crippen molar-refractivity contribution in [3.63, 3.8) is 0 Å². The largest absolute Gasteiger partial charge is 0.508 e. The summed E-state index contributed by atoms with van der Waals surface area (Å²) in [5.74, 6) is 0.126. The van der Waals surface area contributed by atoms with Crippen LogP contribution < -0.4 is 14.9 Å². The van der Waals surface area contributed by atoms with Crippen molar-refractivity contribution in [2.45, 2.75) is 40.2 Å². The minimum Gasteiger partial charge on any atom is -0.508 e. The molecular formula is C22H28N2O5. The van der Waals surface area contributed by atoms with Gasteiger partial charge in [0.15, 0.2) is 0 Å². The number of carbonyl (C=O) groups excluding carboxylic acids is 2. The molecule has 0 heterocycles. The van der Waals surface area contributed by atoms with Gasteiger partial charge in [-0.25, -0.2) is 5.01 Å². The van der Waals surface area contributed by atoms with Crippen molar-refractivity contribution < 1.29 is 24.2 Å². The molecule has 7 heteroatoms. The van der Waals surface area contributed by atoms with E-state index in [1.807, 2.05) is 27.7 Å². The summed E-state index contributed by atoms with van der Waals surface area (Å²) in [7, 11) is 3.04. The average molecular weight is 400 g/mol. The lowest BCUT2D eigenvalue weighted by Crippen LogP contribution is -2.56. The second kappa shape index (κ2) is 8.43. The maximum atomic E-state index is 13.3. The van der Waals surface area contributed by atoms with Gasteiger partial charge in [-0.3, -0.25) is 15.0 Å². The summed E-state index contributed by atoms with van der Waals surface area (Å²) >= 11 is 0. The van der Waals surface area contributed by atoms with Crippen LogP contribution in [-0.4, -0.2) is 41.7 Å². The van der Waals surface area contributed by atoms with Gasteiger partial charge in [-0.15, -0.1) is 0 Å². The molecule has 2 aromatic carbocycles. The quantitative estimate of drug-likeness (QED) is 0.766. The summed E-state index contributed by atoms with van der Waals surface area (Å²) in [6.45, 7) is 8.90. The normalized spacial score (nSPS) is 11.0. The summed E-state index contributed by atoms with van der Waals surface area (Å²) in [6, 6.07) is 7.91. The van der Waals surface area contributed by atoms with Crippen LogP contribution in [0.5, 0.6) is 17.2 Å². The van der Waals surface area contributed by atoms with Crippen molar-refractivity contribution in [3.8, 4) is 17.2 Å². The fraction of sp³-hybridized carbons (Fsp3) is 0.364. The maximum Gasteiger partial charge on any atom is 0.273 e. The van der Waals surface area contributed by atoms with E-state index >= 15 is 0 Å². The molecule has 0 atom stereocenters. The van der Waals surface area contributed by atoms with Crippen LogP contribution in [0.25, 0.3) is 0 Å². The van der Waals surface area contributed by atoms with Crippen molar-refractivity contribution in [2.75, 3.05) is 14.2 Å². The number of hydrogen-bond donors (Lipinski definition) is 2. The van der Waals surface area contributed by atoms with Crippen LogP contribution in [0.2, 0.25) is 0 Å². The van der Waals surface area contributed by atoms with Crippen LogP contribution in [0, 0.1) is 13.8 Å². The second-order valence-corrected chi connectivity index (χ2v) is 7.71. The van der Waals surface area contributed by atoms with Crippen molar-refractivity contribution in [1.29, 1.82) is 0 Å². The van der Waals surface area contributed by atoms with Crippen LogP contribution in [0.1, 0.15) is 52.6 Å². The molecule has 0 saturated heterocycles. The first-order valence-electron chi connectivity index (χ1n) is 9.18. The molecule has 0 aromatic heterocycles. The summed E-state index contributed by atoms with van der Waals surface area (Å²) < 4.78 is 10.7. The van der Waals surface area contributed by atoms with Crippen molar-refractivity contribution in [3.05, 3.63) is 52.6 Å². The van der Waals surface area contributed by atoms with Crippen molar-refractivity contribution >= 4 is 11.8 Å².